The van der Waals surface area contributed by atoms with Crippen molar-refractivity contribution in [2.24, 2.45) is 17.6 Å². The van der Waals surface area contributed by atoms with Crippen molar-refractivity contribution in [3.8, 4) is 0 Å². The zero-order valence-corrected chi connectivity index (χ0v) is 22.9. The van der Waals surface area contributed by atoms with E-state index in [0.29, 0.717) is 12.8 Å². The summed E-state index contributed by atoms with van der Waals surface area (Å²) in [4.78, 5) is 38.7. The lowest BCUT2D eigenvalue weighted by molar-refractivity contribution is -0.150. The van der Waals surface area contributed by atoms with Crippen molar-refractivity contribution in [1.29, 1.82) is 0 Å². The minimum absolute atomic E-state index is 0.0244. The van der Waals surface area contributed by atoms with Crippen LogP contribution in [0.3, 0.4) is 0 Å². The van der Waals surface area contributed by atoms with Crippen molar-refractivity contribution in [1.82, 2.24) is 10.6 Å². The van der Waals surface area contributed by atoms with Gasteiger partial charge in [0.25, 0.3) is 0 Å². The molecule has 0 aliphatic heterocycles. The minimum atomic E-state index is -0.860. The first-order valence-electron chi connectivity index (χ1n) is 13.4. The summed E-state index contributed by atoms with van der Waals surface area (Å²) in [5.74, 6) is -1.70. The number of nitrogens with two attached hydrogens (primary N) is 1. The second-order valence-corrected chi connectivity index (χ2v) is 10.2. The van der Waals surface area contributed by atoms with E-state index in [4.69, 9.17) is 10.5 Å². The number of hydrogen-bond acceptors (Lipinski definition) is 6. The molecule has 38 heavy (non-hydrogen) atoms. The Morgan fingerprint density at radius 2 is 1.47 bits per heavy atom. The molecule has 5 atom stereocenters. The second-order valence-electron chi connectivity index (χ2n) is 10.2. The van der Waals surface area contributed by atoms with Crippen molar-refractivity contribution >= 4 is 17.8 Å². The predicted molar refractivity (Wildman–Crippen MR) is 148 cm³/mol. The van der Waals surface area contributed by atoms with Gasteiger partial charge >= 0.3 is 5.97 Å². The van der Waals surface area contributed by atoms with Crippen LogP contribution in [-0.4, -0.2) is 47.1 Å². The summed E-state index contributed by atoms with van der Waals surface area (Å²) in [5, 5.41) is 16.0. The Bertz CT molecular complexity index is 999. The maximum absolute atomic E-state index is 13.2. The quantitative estimate of drug-likeness (QED) is 0.264. The van der Waals surface area contributed by atoms with Crippen LogP contribution in [0.25, 0.3) is 0 Å². The standard InChI is InChI=1S/C30H43N3O5/c1-5-21(4)28(32-26(35)17-16-25(34)24(31)18-22-12-8-6-9-13-22)29(36)33-27(20(2)3)30(37)38-19-23-14-10-7-11-15-23/h6-15,20-21,24-25,27-28,34H,5,16-19,31H2,1-4H3,(H,32,35)(H,33,36)/t21-,24-,25-,27-,28-/m0/s1. The van der Waals surface area contributed by atoms with Crippen LogP contribution in [0, 0.1) is 11.8 Å². The van der Waals surface area contributed by atoms with Gasteiger partial charge in [-0.1, -0.05) is 94.8 Å². The molecule has 0 saturated heterocycles. The van der Waals surface area contributed by atoms with Crippen molar-refractivity contribution in [3.63, 3.8) is 0 Å². The SMILES string of the molecule is CC[C@H](C)[C@H](NC(=O)CC[C@H](O)[C@@H](N)Cc1ccccc1)C(=O)N[C@H](C(=O)OCc1ccccc1)C(C)C. The maximum atomic E-state index is 13.2. The summed E-state index contributed by atoms with van der Waals surface area (Å²) in [5.41, 5.74) is 8.00. The highest BCUT2D eigenvalue weighted by Crippen LogP contribution is 2.13. The molecular formula is C30H43N3O5. The Labute approximate surface area is 226 Å². The van der Waals surface area contributed by atoms with Gasteiger partial charge in [-0.05, 0) is 35.8 Å². The number of aliphatic hydroxyl groups excluding tert-OH is 1. The van der Waals surface area contributed by atoms with Gasteiger partial charge in [0.05, 0.1) is 6.10 Å². The first kappa shape index (κ1) is 31.0. The van der Waals surface area contributed by atoms with Gasteiger partial charge in [-0.15, -0.1) is 0 Å². The lowest BCUT2D eigenvalue weighted by Crippen LogP contribution is -2.55. The summed E-state index contributed by atoms with van der Waals surface area (Å²) < 4.78 is 5.45. The van der Waals surface area contributed by atoms with Crippen molar-refractivity contribution in [2.45, 2.75) is 84.2 Å². The van der Waals surface area contributed by atoms with Crippen LogP contribution in [0.4, 0.5) is 0 Å². The van der Waals surface area contributed by atoms with Crippen LogP contribution in [0.1, 0.15) is 58.1 Å². The van der Waals surface area contributed by atoms with E-state index < -0.39 is 36.1 Å². The Morgan fingerprint density at radius 1 is 0.895 bits per heavy atom. The highest BCUT2D eigenvalue weighted by molar-refractivity contribution is 5.91. The molecule has 8 nitrogen and oxygen atoms in total. The third kappa shape index (κ3) is 10.3. The molecule has 8 heteroatoms. The van der Waals surface area contributed by atoms with E-state index in [-0.39, 0.29) is 37.2 Å². The fourth-order valence-corrected chi connectivity index (χ4v) is 4.02. The largest absolute Gasteiger partial charge is 0.459 e. The summed E-state index contributed by atoms with van der Waals surface area (Å²) >= 11 is 0. The van der Waals surface area contributed by atoms with Crippen molar-refractivity contribution in [3.05, 3.63) is 71.8 Å². The average molecular weight is 526 g/mol. The number of amides is 2. The molecule has 0 radical (unpaired) electrons. The molecule has 0 heterocycles. The van der Waals surface area contributed by atoms with Gasteiger partial charge in [0.15, 0.2) is 0 Å². The van der Waals surface area contributed by atoms with Crippen LogP contribution in [0.15, 0.2) is 60.7 Å². The first-order valence-corrected chi connectivity index (χ1v) is 13.4. The van der Waals surface area contributed by atoms with E-state index in [0.717, 1.165) is 11.1 Å². The molecule has 0 aromatic heterocycles. The number of carbonyl (C=O) groups is 3. The number of nitrogens with one attached hydrogen (secondary N) is 2. The normalized spacial score (nSPS) is 15.1. The van der Waals surface area contributed by atoms with Crippen LogP contribution in [0.2, 0.25) is 0 Å². The minimum Gasteiger partial charge on any atom is -0.459 e. The smallest absolute Gasteiger partial charge is 0.329 e. The number of carbonyl (C=O) groups excluding carboxylic acids is 3. The van der Waals surface area contributed by atoms with Gasteiger partial charge in [0, 0.05) is 12.5 Å². The third-order valence-corrected chi connectivity index (χ3v) is 6.73. The first-order chi connectivity index (χ1) is 18.1. The zero-order chi connectivity index (χ0) is 28.1. The maximum Gasteiger partial charge on any atom is 0.329 e. The molecule has 208 valence electrons. The lowest BCUT2D eigenvalue weighted by Gasteiger charge is -2.28. The fourth-order valence-electron chi connectivity index (χ4n) is 4.02. The molecule has 2 aromatic rings. The molecule has 0 fully saturated rings. The molecule has 0 saturated carbocycles. The summed E-state index contributed by atoms with van der Waals surface area (Å²) in [6.45, 7) is 7.56. The fraction of sp³-hybridized carbons (Fsp3) is 0.500. The molecule has 0 aliphatic rings. The van der Waals surface area contributed by atoms with E-state index in [1.165, 1.54) is 0 Å². The number of ether oxygens (including phenoxy) is 1. The van der Waals surface area contributed by atoms with Gasteiger partial charge in [-0.25, -0.2) is 4.79 Å². The number of rotatable bonds is 15. The Kier molecular flexibility index (Phi) is 13.0. The predicted octanol–water partition coefficient (Wildman–Crippen LogP) is 3.11. The molecule has 5 N–H and O–H groups in total. The molecule has 2 amide bonds. The van der Waals surface area contributed by atoms with Crippen molar-refractivity contribution in [2.75, 3.05) is 0 Å². The van der Waals surface area contributed by atoms with Gasteiger partial charge in [0.1, 0.15) is 18.7 Å². The molecule has 2 rings (SSSR count). The number of esters is 1. The van der Waals surface area contributed by atoms with Gasteiger partial charge in [-0.3, -0.25) is 9.59 Å². The Balaban J connectivity index is 1.93. The molecule has 2 aromatic carbocycles. The number of hydrogen-bond donors (Lipinski definition) is 4. The lowest BCUT2D eigenvalue weighted by atomic mass is 9.96. The highest BCUT2D eigenvalue weighted by Gasteiger charge is 2.32. The summed E-state index contributed by atoms with van der Waals surface area (Å²) in [6.07, 6.45) is 0.485. The van der Waals surface area contributed by atoms with E-state index in [2.05, 4.69) is 10.6 Å². The second kappa shape index (κ2) is 15.9. The molecule has 0 spiro atoms. The number of aliphatic hydroxyl groups is 1. The van der Waals surface area contributed by atoms with E-state index in [1.54, 1.807) is 0 Å². The Hall–Kier alpha value is -3.23. The van der Waals surface area contributed by atoms with Gasteiger partial charge in [0.2, 0.25) is 11.8 Å². The molecule has 0 bridgehead atoms. The van der Waals surface area contributed by atoms with Gasteiger partial charge in [-0.2, -0.15) is 0 Å². The molecular weight excluding hydrogens is 482 g/mol. The average Bonchev–Trinajstić information content (AvgIpc) is 2.92. The molecule has 0 unspecified atom stereocenters. The topological polar surface area (TPSA) is 131 Å². The van der Waals surface area contributed by atoms with Crippen LogP contribution >= 0.6 is 0 Å². The van der Waals surface area contributed by atoms with Crippen LogP contribution < -0.4 is 16.4 Å². The highest BCUT2D eigenvalue weighted by atomic mass is 16.5. The van der Waals surface area contributed by atoms with E-state index in [9.17, 15) is 19.5 Å². The van der Waals surface area contributed by atoms with E-state index >= 15 is 0 Å². The Morgan fingerprint density at radius 3 is 2.03 bits per heavy atom. The van der Waals surface area contributed by atoms with Crippen LogP contribution in [-0.2, 0) is 32.1 Å². The van der Waals surface area contributed by atoms with Crippen LogP contribution in [0.5, 0.6) is 0 Å². The summed E-state index contributed by atoms with van der Waals surface area (Å²) in [6, 6.07) is 16.7. The monoisotopic (exact) mass is 525 g/mol. The summed E-state index contributed by atoms with van der Waals surface area (Å²) in [7, 11) is 0. The van der Waals surface area contributed by atoms with E-state index in [1.807, 2.05) is 88.4 Å². The number of benzene rings is 2. The molecule has 0 aliphatic carbocycles. The third-order valence-electron chi connectivity index (χ3n) is 6.73. The zero-order valence-electron chi connectivity index (χ0n) is 22.9. The van der Waals surface area contributed by atoms with Crippen molar-refractivity contribution < 1.29 is 24.2 Å². The van der Waals surface area contributed by atoms with Gasteiger partial charge < -0.3 is 26.2 Å².